The maximum absolute atomic E-state index is 4.14. The minimum atomic E-state index is 0.779. The van der Waals surface area contributed by atoms with Gasteiger partial charge in [-0.25, -0.2) is 0 Å². The largest absolute Gasteiger partial charge is 0.313 e. The first kappa shape index (κ1) is 12.5. The van der Waals surface area contributed by atoms with Crippen LogP contribution < -0.4 is 5.32 Å². The van der Waals surface area contributed by atoms with Crippen LogP contribution in [0.1, 0.15) is 31.2 Å². The van der Waals surface area contributed by atoms with Crippen molar-refractivity contribution in [3.05, 3.63) is 30.1 Å². The van der Waals surface area contributed by atoms with Crippen LogP contribution in [0.3, 0.4) is 0 Å². The molecule has 0 unspecified atom stereocenters. The van der Waals surface area contributed by atoms with Gasteiger partial charge in [-0.2, -0.15) is 0 Å². The van der Waals surface area contributed by atoms with Gasteiger partial charge in [-0.05, 0) is 31.5 Å². The molecule has 3 heteroatoms. The number of hydrogen-bond acceptors (Lipinski definition) is 3. The number of pyridine rings is 1. The van der Waals surface area contributed by atoms with Gasteiger partial charge in [0.05, 0.1) is 0 Å². The van der Waals surface area contributed by atoms with Crippen LogP contribution in [0.5, 0.6) is 0 Å². The molecule has 94 valence electrons. The second-order valence-corrected chi connectivity index (χ2v) is 5.03. The fraction of sp³-hybridized carbons (Fsp3) is 0.643. The Kier molecular flexibility index (Phi) is 4.95. The first-order chi connectivity index (χ1) is 8.34. The van der Waals surface area contributed by atoms with Crippen LogP contribution in [-0.4, -0.2) is 36.1 Å². The molecular weight excluding hydrogens is 210 g/mol. The van der Waals surface area contributed by atoms with Crippen LogP contribution in [0, 0.1) is 0 Å². The highest BCUT2D eigenvalue weighted by Crippen LogP contribution is 2.17. The van der Waals surface area contributed by atoms with Crippen LogP contribution in [0.15, 0.2) is 24.5 Å². The molecule has 1 aliphatic carbocycles. The Bertz CT molecular complexity index is 307. The van der Waals surface area contributed by atoms with E-state index in [1.165, 1.54) is 31.2 Å². The first-order valence-corrected chi connectivity index (χ1v) is 6.65. The summed E-state index contributed by atoms with van der Waals surface area (Å²) in [7, 11) is 2.17. The monoisotopic (exact) mass is 233 g/mol. The highest BCUT2D eigenvalue weighted by molar-refractivity contribution is 5.07. The summed E-state index contributed by atoms with van der Waals surface area (Å²) in [6.45, 7) is 3.19. The molecule has 1 aromatic heterocycles. The maximum Gasteiger partial charge on any atom is 0.0312 e. The summed E-state index contributed by atoms with van der Waals surface area (Å²) in [5.41, 5.74) is 1.29. The first-order valence-electron chi connectivity index (χ1n) is 6.65. The van der Waals surface area contributed by atoms with Gasteiger partial charge in [0.15, 0.2) is 0 Å². The number of rotatable bonds is 6. The average molecular weight is 233 g/mol. The molecule has 0 amide bonds. The molecule has 0 bridgehead atoms. The van der Waals surface area contributed by atoms with Crippen molar-refractivity contribution in [2.75, 3.05) is 20.1 Å². The smallest absolute Gasteiger partial charge is 0.0312 e. The summed E-state index contributed by atoms with van der Waals surface area (Å²) in [6.07, 6.45) is 9.32. The summed E-state index contributed by atoms with van der Waals surface area (Å²) in [4.78, 5) is 6.48. The Morgan fingerprint density at radius 1 is 1.41 bits per heavy atom. The summed E-state index contributed by atoms with van der Waals surface area (Å²) >= 11 is 0. The van der Waals surface area contributed by atoms with Gasteiger partial charge in [0.25, 0.3) is 0 Å². The molecule has 2 rings (SSSR count). The molecule has 1 aromatic rings. The number of aromatic nitrogens is 1. The van der Waals surface area contributed by atoms with E-state index in [2.05, 4.69) is 28.3 Å². The molecule has 1 heterocycles. The maximum atomic E-state index is 4.14. The van der Waals surface area contributed by atoms with Gasteiger partial charge >= 0.3 is 0 Å². The lowest BCUT2D eigenvalue weighted by atomic mass is 10.2. The van der Waals surface area contributed by atoms with Crippen LogP contribution in [-0.2, 0) is 6.54 Å². The van der Waals surface area contributed by atoms with E-state index in [9.17, 15) is 0 Å². The second kappa shape index (κ2) is 6.72. The van der Waals surface area contributed by atoms with E-state index < -0.39 is 0 Å². The molecular formula is C14H23N3. The molecule has 0 atom stereocenters. The minimum Gasteiger partial charge on any atom is -0.313 e. The zero-order valence-corrected chi connectivity index (χ0v) is 10.7. The third-order valence-electron chi connectivity index (χ3n) is 3.46. The van der Waals surface area contributed by atoms with Gasteiger partial charge in [0.1, 0.15) is 0 Å². The van der Waals surface area contributed by atoms with E-state index in [0.717, 1.165) is 25.7 Å². The highest BCUT2D eigenvalue weighted by Gasteiger charge is 2.13. The Morgan fingerprint density at radius 3 is 2.94 bits per heavy atom. The molecule has 1 N–H and O–H groups in total. The Morgan fingerprint density at radius 2 is 2.24 bits per heavy atom. The van der Waals surface area contributed by atoms with E-state index in [4.69, 9.17) is 0 Å². The standard InChI is InChI=1S/C14H23N3/c1-17(12-13-5-4-8-15-11-13)10-9-16-14-6-2-3-7-14/h4-5,8,11,14,16H,2-3,6-7,9-10,12H2,1H3. The molecule has 0 saturated heterocycles. The van der Waals surface area contributed by atoms with Gasteiger partial charge in [-0.3, -0.25) is 4.98 Å². The molecule has 17 heavy (non-hydrogen) atoms. The molecule has 0 radical (unpaired) electrons. The Balaban J connectivity index is 1.62. The van der Waals surface area contributed by atoms with Crippen molar-refractivity contribution in [2.45, 2.75) is 38.3 Å². The SMILES string of the molecule is CN(CCNC1CCCC1)Cc1cccnc1. The van der Waals surface area contributed by atoms with E-state index >= 15 is 0 Å². The van der Waals surface area contributed by atoms with E-state index in [0.29, 0.717) is 0 Å². The summed E-state index contributed by atoms with van der Waals surface area (Å²) in [5, 5.41) is 3.64. The predicted molar refractivity (Wildman–Crippen MR) is 70.8 cm³/mol. The molecule has 0 aromatic carbocycles. The lowest BCUT2D eigenvalue weighted by Gasteiger charge is -2.18. The third kappa shape index (κ3) is 4.44. The van der Waals surface area contributed by atoms with Gasteiger partial charge in [-0.1, -0.05) is 18.9 Å². The summed E-state index contributed by atoms with van der Waals surface area (Å²) in [5.74, 6) is 0. The quantitative estimate of drug-likeness (QED) is 0.815. The molecule has 1 saturated carbocycles. The van der Waals surface area contributed by atoms with Crippen molar-refractivity contribution in [3.8, 4) is 0 Å². The zero-order valence-electron chi connectivity index (χ0n) is 10.7. The summed E-state index contributed by atoms with van der Waals surface area (Å²) in [6, 6.07) is 4.91. The number of hydrogen-bond donors (Lipinski definition) is 1. The minimum absolute atomic E-state index is 0.779. The van der Waals surface area contributed by atoms with Crippen molar-refractivity contribution >= 4 is 0 Å². The fourth-order valence-corrected chi connectivity index (χ4v) is 2.47. The van der Waals surface area contributed by atoms with Crippen LogP contribution in [0.4, 0.5) is 0 Å². The lowest BCUT2D eigenvalue weighted by Crippen LogP contribution is -2.34. The average Bonchev–Trinajstić information content (AvgIpc) is 2.83. The van der Waals surface area contributed by atoms with E-state index in [1.807, 2.05) is 18.5 Å². The van der Waals surface area contributed by atoms with Gasteiger partial charge in [-0.15, -0.1) is 0 Å². The number of nitrogens with one attached hydrogen (secondary N) is 1. The molecule has 1 aliphatic rings. The molecule has 3 nitrogen and oxygen atoms in total. The van der Waals surface area contributed by atoms with E-state index in [-0.39, 0.29) is 0 Å². The number of likely N-dealkylation sites (N-methyl/N-ethyl adjacent to an activating group) is 1. The van der Waals surface area contributed by atoms with Crippen molar-refractivity contribution in [2.24, 2.45) is 0 Å². The number of nitrogens with zero attached hydrogens (tertiary/aromatic N) is 2. The molecule has 1 fully saturated rings. The topological polar surface area (TPSA) is 28.2 Å². The van der Waals surface area contributed by atoms with Gasteiger partial charge in [0, 0.05) is 38.1 Å². The Hall–Kier alpha value is -0.930. The Labute approximate surface area is 104 Å². The van der Waals surface area contributed by atoms with Crippen molar-refractivity contribution in [3.63, 3.8) is 0 Å². The van der Waals surface area contributed by atoms with Crippen LogP contribution in [0.2, 0.25) is 0 Å². The molecule has 0 aliphatic heterocycles. The van der Waals surface area contributed by atoms with Crippen molar-refractivity contribution in [1.82, 2.24) is 15.2 Å². The fourth-order valence-electron chi connectivity index (χ4n) is 2.47. The third-order valence-corrected chi connectivity index (χ3v) is 3.46. The molecule has 0 spiro atoms. The van der Waals surface area contributed by atoms with Gasteiger partial charge < -0.3 is 10.2 Å². The van der Waals surface area contributed by atoms with E-state index in [1.54, 1.807) is 0 Å². The van der Waals surface area contributed by atoms with Crippen LogP contribution >= 0.6 is 0 Å². The highest BCUT2D eigenvalue weighted by atomic mass is 15.1. The zero-order chi connectivity index (χ0) is 11.9. The lowest BCUT2D eigenvalue weighted by molar-refractivity contribution is 0.316. The normalized spacial score (nSPS) is 16.8. The predicted octanol–water partition coefficient (Wildman–Crippen LogP) is 2.05. The van der Waals surface area contributed by atoms with Crippen LogP contribution in [0.25, 0.3) is 0 Å². The van der Waals surface area contributed by atoms with Gasteiger partial charge in [0.2, 0.25) is 0 Å². The summed E-state index contributed by atoms with van der Waals surface area (Å²) < 4.78 is 0. The second-order valence-electron chi connectivity index (χ2n) is 5.03. The van der Waals surface area contributed by atoms with Crippen molar-refractivity contribution < 1.29 is 0 Å². The van der Waals surface area contributed by atoms with Crippen molar-refractivity contribution in [1.29, 1.82) is 0 Å².